The number of hydrogen-bond acceptors (Lipinski definition) is 0. The first-order valence-electron chi connectivity index (χ1n) is 8.77. The zero-order valence-electron chi connectivity index (χ0n) is 13.8. The minimum absolute atomic E-state index is 0.695. The molecule has 0 spiro atoms. The molecule has 0 heterocycles. The van der Waals surface area contributed by atoms with E-state index in [9.17, 15) is 0 Å². The van der Waals surface area contributed by atoms with E-state index in [0.29, 0.717) is 5.92 Å². The molecule has 1 aromatic rings. The Hall–Kier alpha value is -1.30. The highest BCUT2D eigenvalue weighted by Gasteiger charge is 2.05. The van der Waals surface area contributed by atoms with Gasteiger partial charge in [-0.05, 0) is 41.9 Å². The molecule has 1 aliphatic carbocycles. The maximum atomic E-state index is 2.37. The van der Waals surface area contributed by atoms with Gasteiger partial charge in [-0.15, -0.1) is 0 Å². The molecule has 0 saturated carbocycles. The lowest BCUT2D eigenvalue weighted by atomic mass is 9.93. The maximum Gasteiger partial charge on any atom is -0.0187 e. The van der Waals surface area contributed by atoms with Crippen LogP contribution in [0.5, 0.6) is 0 Å². The molecule has 2 rings (SSSR count). The summed E-state index contributed by atoms with van der Waals surface area (Å²) >= 11 is 0. The van der Waals surface area contributed by atoms with E-state index < -0.39 is 0 Å². The van der Waals surface area contributed by atoms with Crippen LogP contribution in [0.3, 0.4) is 0 Å². The Kier molecular flexibility index (Phi) is 6.79. The number of unbranched alkanes of at least 4 members (excludes halogenated alkanes) is 5. The molecule has 0 N–H and O–H groups in total. The molecule has 0 amide bonds. The Bertz CT molecular complexity index is 461. The SMILES string of the molecule is CCCCCCCCc1ccc(C2=CCC(C)C=C2)cc1. The van der Waals surface area contributed by atoms with Gasteiger partial charge in [-0.25, -0.2) is 0 Å². The number of benzene rings is 1. The van der Waals surface area contributed by atoms with Crippen LogP contribution in [0, 0.1) is 5.92 Å². The summed E-state index contributed by atoms with van der Waals surface area (Å²) in [7, 11) is 0. The second kappa shape index (κ2) is 8.87. The summed E-state index contributed by atoms with van der Waals surface area (Å²) in [5, 5.41) is 0. The van der Waals surface area contributed by atoms with E-state index in [1.165, 1.54) is 68.1 Å². The van der Waals surface area contributed by atoms with Crippen molar-refractivity contribution in [2.45, 2.75) is 65.2 Å². The van der Waals surface area contributed by atoms with Gasteiger partial charge in [0.15, 0.2) is 0 Å². The van der Waals surface area contributed by atoms with Crippen LogP contribution in [0.15, 0.2) is 42.5 Å². The first-order valence-corrected chi connectivity index (χ1v) is 8.77. The average molecular weight is 282 g/mol. The van der Waals surface area contributed by atoms with Crippen LogP contribution in [0.25, 0.3) is 5.57 Å². The highest BCUT2D eigenvalue weighted by Crippen LogP contribution is 2.24. The van der Waals surface area contributed by atoms with Crippen molar-refractivity contribution in [1.82, 2.24) is 0 Å². The molecule has 114 valence electrons. The Morgan fingerprint density at radius 3 is 2.33 bits per heavy atom. The van der Waals surface area contributed by atoms with Crippen LogP contribution < -0.4 is 0 Å². The van der Waals surface area contributed by atoms with Gasteiger partial charge >= 0.3 is 0 Å². The van der Waals surface area contributed by atoms with E-state index in [0.717, 1.165) is 0 Å². The fourth-order valence-electron chi connectivity index (χ4n) is 2.91. The molecule has 0 heteroatoms. The monoisotopic (exact) mass is 282 g/mol. The fraction of sp³-hybridized carbons (Fsp3) is 0.524. The van der Waals surface area contributed by atoms with Gasteiger partial charge in [0.1, 0.15) is 0 Å². The van der Waals surface area contributed by atoms with Crippen molar-refractivity contribution in [3.63, 3.8) is 0 Å². The summed E-state index contributed by atoms with van der Waals surface area (Å²) < 4.78 is 0. The van der Waals surface area contributed by atoms with Gasteiger partial charge in [-0.1, -0.05) is 88.4 Å². The van der Waals surface area contributed by atoms with Crippen LogP contribution in [0.1, 0.15) is 69.9 Å². The number of allylic oxidation sites excluding steroid dienone is 4. The number of hydrogen-bond donors (Lipinski definition) is 0. The molecule has 1 aromatic carbocycles. The summed E-state index contributed by atoms with van der Waals surface area (Å²) in [5.41, 5.74) is 4.24. The molecule has 0 fully saturated rings. The first kappa shape index (κ1) is 16.1. The molecular weight excluding hydrogens is 252 g/mol. The van der Waals surface area contributed by atoms with Gasteiger partial charge in [0.05, 0.1) is 0 Å². The van der Waals surface area contributed by atoms with E-state index in [1.54, 1.807) is 0 Å². The molecule has 1 aliphatic rings. The molecule has 0 nitrogen and oxygen atoms in total. The Morgan fingerprint density at radius 2 is 1.67 bits per heavy atom. The largest absolute Gasteiger partial charge is 0.0808 e. The van der Waals surface area contributed by atoms with Crippen LogP contribution >= 0.6 is 0 Å². The lowest BCUT2D eigenvalue weighted by molar-refractivity contribution is 0.607. The third kappa shape index (κ3) is 5.53. The smallest absolute Gasteiger partial charge is 0.0187 e. The highest BCUT2D eigenvalue weighted by molar-refractivity contribution is 5.74. The van der Waals surface area contributed by atoms with Crippen LogP contribution in [-0.4, -0.2) is 0 Å². The number of aryl methyl sites for hydroxylation is 1. The molecular formula is C21H30. The third-order valence-corrected chi connectivity index (χ3v) is 4.42. The van der Waals surface area contributed by atoms with Crippen molar-refractivity contribution < 1.29 is 0 Å². The quantitative estimate of drug-likeness (QED) is 0.473. The van der Waals surface area contributed by atoms with Gasteiger partial charge in [-0.3, -0.25) is 0 Å². The summed E-state index contributed by atoms with van der Waals surface area (Å²) in [5.74, 6) is 0.695. The number of rotatable bonds is 8. The van der Waals surface area contributed by atoms with E-state index in [4.69, 9.17) is 0 Å². The molecule has 0 bridgehead atoms. The summed E-state index contributed by atoms with van der Waals surface area (Å²) in [6.45, 7) is 4.55. The normalized spacial score (nSPS) is 17.8. The second-order valence-corrected chi connectivity index (χ2v) is 6.45. The fourth-order valence-corrected chi connectivity index (χ4v) is 2.91. The van der Waals surface area contributed by atoms with Crippen LogP contribution in [0.4, 0.5) is 0 Å². The van der Waals surface area contributed by atoms with Crippen molar-refractivity contribution in [3.8, 4) is 0 Å². The average Bonchev–Trinajstić information content (AvgIpc) is 2.52. The van der Waals surface area contributed by atoms with Gasteiger partial charge in [0.2, 0.25) is 0 Å². The molecule has 0 aliphatic heterocycles. The zero-order chi connectivity index (χ0) is 14.9. The van der Waals surface area contributed by atoms with E-state index in [-0.39, 0.29) is 0 Å². The zero-order valence-corrected chi connectivity index (χ0v) is 13.8. The van der Waals surface area contributed by atoms with Crippen LogP contribution in [-0.2, 0) is 6.42 Å². The minimum atomic E-state index is 0.695. The van der Waals surface area contributed by atoms with Gasteiger partial charge in [-0.2, -0.15) is 0 Å². The van der Waals surface area contributed by atoms with Crippen molar-refractivity contribution >= 4 is 5.57 Å². The summed E-state index contributed by atoms with van der Waals surface area (Å²) in [6.07, 6.45) is 17.6. The molecule has 1 atom stereocenters. The third-order valence-electron chi connectivity index (χ3n) is 4.42. The lowest BCUT2D eigenvalue weighted by Gasteiger charge is -2.12. The van der Waals surface area contributed by atoms with E-state index in [1.807, 2.05) is 0 Å². The predicted molar refractivity (Wildman–Crippen MR) is 94.4 cm³/mol. The Morgan fingerprint density at radius 1 is 0.952 bits per heavy atom. The molecule has 21 heavy (non-hydrogen) atoms. The van der Waals surface area contributed by atoms with E-state index in [2.05, 4.69) is 56.3 Å². The lowest BCUT2D eigenvalue weighted by Crippen LogP contribution is -1.94. The first-order chi connectivity index (χ1) is 10.3. The van der Waals surface area contributed by atoms with Gasteiger partial charge in [0, 0.05) is 0 Å². The molecule has 0 aromatic heterocycles. The van der Waals surface area contributed by atoms with Crippen LogP contribution in [0.2, 0.25) is 0 Å². The van der Waals surface area contributed by atoms with Crippen molar-refractivity contribution in [2.24, 2.45) is 5.92 Å². The van der Waals surface area contributed by atoms with Crippen molar-refractivity contribution in [1.29, 1.82) is 0 Å². The van der Waals surface area contributed by atoms with Gasteiger partial charge in [0.25, 0.3) is 0 Å². The Labute approximate surface area is 131 Å². The minimum Gasteiger partial charge on any atom is -0.0808 e. The maximum absolute atomic E-state index is 2.37. The Balaban J connectivity index is 1.76. The van der Waals surface area contributed by atoms with Crippen molar-refractivity contribution in [3.05, 3.63) is 53.6 Å². The topological polar surface area (TPSA) is 0 Å². The molecule has 1 unspecified atom stereocenters. The predicted octanol–water partition coefficient (Wildman–Crippen LogP) is 6.57. The highest BCUT2D eigenvalue weighted by atomic mass is 14.1. The second-order valence-electron chi connectivity index (χ2n) is 6.45. The summed E-state index contributed by atoms with van der Waals surface area (Å²) in [4.78, 5) is 0. The van der Waals surface area contributed by atoms with Crippen molar-refractivity contribution in [2.75, 3.05) is 0 Å². The standard InChI is InChI=1S/C21H30/c1-3-4-5-6-7-8-9-19-12-16-21(17-13-19)20-14-10-18(2)11-15-20/h10,12-18H,3-9,11H2,1-2H3. The van der Waals surface area contributed by atoms with Gasteiger partial charge < -0.3 is 0 Å². The summed E-state index contributed by atoms with van der Waals surface area (Å²) in [6, 6.07) is 9.21. The molecule has 0 radical (unpaired) electrons. The van der Waals surface area contributed by atoms with E-state index >= 15 is 0 Å². The molecule has 0 saturated heterocycles.